The van der Waals surface area contributed by atoms with E-state index in [1.807, 2.05) is 54.6 Å². The lowest BCUT2D eigenvalue weighted by Crippen LogP contribution is -2.29. The van der Waals surface area contributed by atoms with Crippen molar-refractivity contribution in [1.29, 1.82) is 0 Å². The molecule has 4 rings (SSSR count). The van der Waals surface area contributed by atoms with Gasteiger partial charge >= 0.3 is 0 Å². The molecule has 6 heteroatoms. The van der Waals surface area contributed by atoms with Gasteiger partial charge in [-0.15, -0.1) is 0 Å². The Morgan fingerprint density at radius 2 is 1.59 bits per heavy atom. The number of aliphatic imine (C=N–C) groups is 1. The van der Waals surface area contributed by atoms with Gasteiger partial charge in [-0.1, -0.05) is 85.6 Å². The number of carbonyl (C=O) groups is 1. The Morgan fingerprint density at radius 1 is 0.906 bits per heavy atom. The molecule has 0 saturated carbocycles. The number of thioether (sulfide) groups is 1. The molecule has 1 aliphatic rings. The highest BCUT2D eigenvalue weighted by Crippen LogP contribution is 2.40. The molecule has 1 amide bonds. The highest BCUT2D eigenvalue weighted by molar-refractivity contribution is 8.19. The summed E-state index contributed by atoms with van der Waals surface area (Å²) in [6, 6.07) is 21.4. The van der Waals surface area contributed by atoms with Crippen molar-refractivity contribution in [1.82, 2.24) is 0 Å². The first-order valence-electron chi connectivity index (χ1n) is 10.5. The number of anilines is 1. The van der Waals surface area contributed by atoms with Crippen LogP contribution in [0.3, 0.4) is 0 Å². The fourth-order valence-corrected chi connectivity index (χ4v) is 4.92. The molecule has 0 atom stereocenters. The second-order valence-electron chi connectivity index (χ2n) is 7.25. The van der Waals surface area contributed by atoms with Gasteiger partial charge in [0.05, 0.1) is 26.3 Å². The number of hydrogen-bond donors (Lipinski definition) is 0. The number of amides is 1. The van der Waals surface area contributed by atoms with Gasteiger partial charge in [-0.2, -0.15) is 0 Å². The van der Waals surface area contributed by atoms with Crippen LogP contribution < -0.4 is 4.90 Å². The summed E-state index contributed by atoms with van der Waals surface area (Å²) in [5.74, 6) is -0.125. The number of amidine groups is 1. The summed E-state index contributed by atoms with van der Waals surface area (Å²) in [4.78, 5) is 20.8. The van der Waals surface area contributed by atoms with Crippen molar-refractivity contribution in [3.63, 3.8) is 0 Å². The number of rotatable bonds is 5. The highest BCUT2D eigenvalue weighted by Gasteiger charge is 2.36. The van der Waals surface area contributed by atoms with Gasteiger partial charge in [0.2, 0.25) is 0 Å². The molecule has 0 bridgehead atoms. The quantitative estimate of drug-likeness (QED) is 0.347. The van der Waals surface area contributed by atoms with E-state index in [4.69, 9.17) is 28.2 Å². The van der Waals surface area contributed by atoms with Crippen LogP contribution in [0, 0.1) is 0 Å². The number of para-hydroxylation sites is 2. The van der Waals surface area contributed by atoms with Crippen molar-refractivity contribution >= 4 is 63.5 Å². The lowest BCUT2D eigenvalue weighted by Gasteiger charge is -2.19. The standard InChI is InChI=1S/C26H22Cl2N2OS/c1-3-17-10-5-7-14-21(17)29-26-30(22-15-8-6-11-18(22)4-2)25(31)23(32-26)16-19-12-9-13-20(27)24(19)28/h5-16H,3-4H2,1-2H3/b23-16+,29-26?. The average molecular weight is 481 g/mol. The second kappa shape index (κ2) is 9.95. The molecular formula is C26H22Cl2N2OS. The van der Waals surface area contributed by atoms with E-state index < -0.39 is 0 Å². The van der Waals surface area contributed by atoms with Gasteiger partial charge < -0.3 is 0 Å². The van der Waals surface area contributed by atoms with E-state index >= 15 is 0 Å². The van der Waals surface area contributed by atoms with Gasteiger partial charge in [-0.3, -0.25) is 9.69 Å². The van der Waals surface area contributed by atoms with Gasteiger partial charge in [0.25, 0.3) is 5.91 Å². The molecule has 32 heavy (non-hydrogen) atoms. The molecule has 3 aromatic carbocycles. The van der Waals surface area contributed by atoms with E-state index in [-0.39, 0.29) is 5.91 Å². The lowest BCUT2D eigenvalue weighted by molar-refractivity contribution is -0.113. The normalized spacial score (nSPS) is 16.4. The number of hydrogen-bond acceptors (Lipinski definition) is 3. The Morgan fingerprint density at radius 3 is 2.34 bits per heavy atom. The number of nitrogens with zero attached hydrogens (tertiary/aromatic N) is 2. The minimum absolute atomic E-state index is 0.125. The summed E-state index contributed by atoms with van der Waals surface area (Å²) in [7, 11) is 0. The van der Waals surface area contributed by atoms with Gasteiger partial charge in [0.1, 0.15) is 0 Å². The van der Waals surface area contributed by atoms with Gasteiger partial charge in [-0.25, -0.2) is 4.99 Å². The minimum Gasteiger partial charge on any atom is -0.268 e. The molecule has 0 radical (unpaired) electrons. The molecule has 0 N–H and O–H groups in total. The van der Waals surface area contributed by atoms with Gasteiger partial charge in [0.15, 0.2) is 5.17 Å². The van der Waals surface area contributed by atoms with Gasteiger partial charge in [0, 0.05) is 0 Å². The maximum Gasteiger partial charge on any atom is 0.271 e. The van der Waals surface area contributed by atoms with Crippen molar-refractivity contribution in [3.05, 3.63) is 98.4 Å². The Hall–Kier alpha value is -2.53. The van der Waals surface area contributed by atoms with Crippen molar-refractivity contribution in [2.45, 2.75) is 26.7 Å². The maximum atomic E-state index is 13.6. The van der Waals surface area contributed by atoms with Crippen LogP contribution >= 0.6 is 35.0 Å². The number of halogens is 2. The summed E-state index contributed by atoms with van der Waals surface area (Å²) in [6.07, 6.45) is 3.46. The van der Waals surface area contributed by atoms with Crippen molar-refractivity contribution < 1.29 is 4.79 Å². The molecule has 0 aliphatic carbocycles. The zero-order chi connectivity index (χ0) is 22.7. The maximum absolute atomic E-state index is 13.6. The van der Waals surface area contributed by atoms with Crippen LogP contribution in [0.15, 0.2) is 76.6 Å². The Bertz CT molecular complexity index is 1240. The summed E-state index contributed by atoms with van der Waals surface area (Å²) in [6.45, 7) is 4.18. The molecule has 0 spiro atoms. The first-order chi connectivity index (χ1) is 15.5. The average Bonchev–Trinajstić information content (AvgIpc) is 3.11. The first kappa shape index (κ1) is 22.7. The van der Waals surface area contributed by atoms with Crippen LogP contribution in [0.4, 0.5) is 11.4 Å². The SMILES string of the molecule is CCc1ccccc1N=C1S/C(=C/c2cccc(Cl)c2Cl)C(=O)N1c1ccccc1CC. The smallest absolute Gasteiger partial charge is 0.268 e. The molecule has 1 aliphatic heterocycles. The fourth-order valence-electron chi connectivity index (χ4n) is 3.58. The first-order valence-corrected chi connectivity index (χ1v) is 12.0. The van der Waals surface area contributed by atoms with E-state index in [9.17, 15) is 4.79 Å². The minimum atomic E-state index is -0.125. The Kier molecular flexibility index (Phi) is 7.04. The molecule has 1 fully saturated rings. The number of carbonyl (C=O) groups excluding carboxylic acids is 1. The third kappa shape index (κ3) is 4.49. The third-order valence-corrected chi connectivity index (χ3v) is 7.08. The molecule has 0 aromatic heterocycles. The highest BCUT2D eigenvalue weighted by atomic mass is 35.5. The summed E-state index contributed by atoms with van der Waals surface area (Å²) in [5.41, 5.74) is 4.63. The summed E-state index contributed by atoms with van der Waals surface area (Å²) < 4.78 is 0. The second-order valence-corrected chi connectivity index (χ2v) is 9.05. The van der Waals surface area contributed by atoms with Crippen LogP contribution in [-0.2, 0) is 17.6 Å². The zero-order valence-corrected chi connectivity index (χ0v) is 20.1. The molecule has 1 heterocycles. The van der Waals surface area contributed by atoms with Crippen LogP contribution in [0.25, 0.3) is 6.08 Å². The molecular weight excluding hydrogens is 459 g/mol. The summed E-state index contributed by atoms with van der Waals surface area (Å²) >= 11 is 13.9. The third-order valence-electron chi connectivity index (χ3n) is 5.28. The Labute approximate surface area is 202 Å². The van der Waals surface area contributed by atoms with Crippen LogP contribution in [0.5, 0.6) is 0 Å². The predicted molar refractivity (Wildman–Crippen MR) is 138 cm³/mol. The summed E-state index contributed by atoms with van der Waals surface area (Å²) in [5, 5.41) is 1.51. The molecule has 3 nitrogen and oxygen atoms in total. The van der Waals surface area contributed by atoms with Crippen LogP contribution in [0.2, 0.25) is 10.0 Å². The van der Waals surface area contributed by atoms with E-state index in [2.05, 4.69) is 19.9 Å². The van der Waals surface area contributed by atoms with Crippen LogP contribution in [0.1, 0.15) is 30.5 Å². The number of benzene rings is 3. The van der Waals surface area contributed by atoms with Gasteiger partial charge in [-0.05, 0) is 65.6 Å². The molecule has 1 saturated heterocycles. The fraction of sp³-hybridized carbons (Fsp3) is 0.154. The van der Waals surface area contributed by atoms with E-state index in [0.29, 0.717) is 25.7 Å². The monoisotopic (exact) mass is 480 g/mol. The zero-order valence-electron chi connectivity index (χ0n) is 17.8. The van der Waals surface area contributed by atoms with Crippen molar-refractivity contribution in [2.24, 2.45) is 4.99 Å². The van der Waals surface area contributed by atoms with E-state index in [1.54, 1.807) is 17.0 Å². The topological polar surface area (TPSA) is 32.7 Å². The number of aryl methyl sites for hydroxylation is 2. The molecule has 3 aromatic rings. The van der Waals surface area contributed by atoms with Crippen molar-refractivity contribution in [3.8, 4) is 0 Å². The Balaban J connectivity index is 1.86. The largest absolute Gasteiger partial charge is 0.271 e. The van der Waals surface area contributed by atoms with E-state index in [1.165, 1.54) is 11.8 Å². The predicted octanol–water partition coefficient (Wildman–Crippen LogP) is 7.93. The van der Waals surface area contributed by atoms with Crippen LogP contribution in [-0.4, -0.2) is 11.1 Å². The molecule has 0 unspecified atom stereocenters. The van der Waals surface area contributed by atoms with E-state index in [0.717, 1.165) is 35.3 Å². The lowest BCUT2D eigenvalue weighted by atomic mass is 10.1. The molecule has 162 valence electrons. The van der Waals surface area contributed by atoms with Crippen molar-refractivity contribution in [2.75, 3.05) is 4.90 Å².